The van der Waals surface area contributed by atoms with E-state index in [1.165, 1.54) is 0 Å². The molecular formula is C9H9Cl2F3N4. The van der Waals surface area contributed by atoms with Crippen molar-refractivity contribution in [1.29, 1.82) is 5.41 Å². The maximum Gasteiger partial charge on any atom is 0.416 e. The molecule has 0 spiro atoms. The van der Waals surface area contributed by atoms with Crippen molar-refractivity contribution in [2.45, 2.75) is 6.18 Å². The van der Waals surface area contributed by atoms with Gasteiger partial charge in [-0.2, -0.15) is 18.3 Å². The van der Waals surface area contributed by atoms with E-state index in [-0.39, 0.29) is 23.0 Å². The van der Waals surface area contributed by atoms with E-state index in [0.717, 1.165) is 24.4 Å². The summed E-state index contributed by atoms with van der Waals surface area (Å²) >= 11 is 5.69. The second kappa shape index (κ2) is 6.46. The average molecular weight is 301 g/mol. The van der Waals surface area contributed by atoms with Crippen molar-refractivity contribution >= 4 is 36.2 Å². The smallest absolute Gasteiger partial charge is 0.369 e. The summed E-state index contributed by atoms with van der Waals surface area (Å²) in [6.45, 7) is 0. The van der Waals surface area contributed by atoms with Crippen LogP contribution < -0.4 is 11.2 Å². The van der Waals surface area contributed by atoms with Gasteiger partial charge in [0.15, 0.2) is 0 Å². The standard InChI is InChI=1S/C9H8ClF3N4.ClH/c10-7-2-1-6(9(11,12)13)3-5(7)4-16-17-8(14)15;/h1-4H,(H4,14,15,17);1H/b16-4+;. The first-order valence-corrected chi connectivity index (χ1v) is 4.68. The highest BCUT2D eigenvalue weighted by molar-refractivity contribution is 6.33. The van der Waals surface area contributed by atoms with Gasteiger partial charge in [-0.1, -0.05) is 11.6 Å². The van der Waals surface area contributed by atoms with E-state index < -0.39 is 17.7 Å². The third kappa shape index (κ3) is 4.80. The fourth-order valence-corrected chi connectivity index (χ4v) is 1.16. The molecule has 1 aromatic rings. The topological polar surface area (TPSA) is 74.3 Å². The average Bonchev–Trinajstić information content (AvgIpc) is 2.18. The van der Waals surface area contributed by atoms with Crippen LogP contribution in [0.4, 0.5) is 13.2 Å². The summed E-state index contributed by atoms with van der Waals surface area (Å²) in [5.74, 6) is -0.427. The fraction of sp³-hybridized carbons (Fsp3) is 0.111. The van der Waals surface area contributed by atoms with E-state index in [0.29, 0.717) is 0 Å². The SMILES string of the molecule is Cl.N=C(N)N/N=C/c1cc(C(F)(F)F)ccc1Cl. The summed E-state index contributed by atoms with van der Waals surface area (Å²) in [6.07, 6.45) is -3.39. The van der Waals surface area contributed by atoms with Crippen molar-refractivity contribution in [3.05, 3.63) is 34.3 Å². The summed E-state index contributed by atoms with van der Waals surface area (Å²) in [4.78, 5) is 0. The third-order valence-electron chi connectivity index (χ3n) is 1.71. The Morgan fingerprint density at radius 2 is 2.06 bits per heavy atom. The lowest BCUT2D eigenvalue weighted by atomic mass is 10.1. The number of guanidine groups is 1. The van der Waals surface area contributed by atoms with Gasteiger partial charge in [0.2, 0.25) is 5.96 Å². The molecule has 4 nitrogen and oxygen atoms in total. The van der Waals surface area contributed by atoms with Crippen molar-refractivity contribution in [2.75, 3.05) is 0 Å². The molecule has 0 unspecified atom stereocenters. The maximum atomic E-state index is 12.4. The van der Waals surface area contributed by atoms with E-state index in [4.69, 9.17) is 22.7 Å². The molecule has 0 fully saturated rings. The molecule has 0 aliphatic carbocycles. The van der Waals surface area contributed by atoms with Gasteiger partial charge in [-0.3, -0.25) is 5.41 Å². The molecule has 0 atom stereocenters. The zero-order chi connectivity index (χ0) is 13.1. The molecule has 0 radical (unpaired) electrons. The van der Waals surface area contributed by atoms with Crippen molar-refractivity contribution in [3.8, 4) is 0 Å². The van der Waals surface area contributed by atoms with Gasteiger partial charge in [0.25, 0.3) is 0 Å². The molecule has 0 aliphatic heterocycles. The minimum atomic E-state index is -4.44. The maximum absolute atomic E-state index is 12.4. The van der Waals surface area contributed by atoms with Crippen molar-refractivity contribution < 1.29 is 13.2 Å². The number of hydrogen-bond acceptors (Lipinski definition) is 2. The summed E-state index contributed by atoms with van der Waals surface area (Å²) < 4.78 is 37.2. The van der Waals surface area contributed by atoms with Gasteiger partial charge in [-0.05, 0) is 18.2 Å². The predicted molar refractivity (Wildman–Crippen MR) is 66.3 cm³/mol. The zero-order valence-electron chi connectivity index (χ0n) is 8.75. The highest BCUT2D eigenvalue weighted by atomic mass is 35.5. The molecule has 1 rings (SSSR count). The van der Waals surface area contributed by atoms with Gasteiger partial charge in [0.1, 0.15) is 0 Å². The van der Waals surface area contributed by atoms with Crippen molar-refractivity contribution in [3.63, 3.8) is 0 Å². The van der Waals surface area contributed by atoms with Gasteiger partial charge in [-0.15, -0.1) is 12.4 Å². The largest absolute Gasteiger partial charge is 0.416 e. The van der Waals surface area contributed by atoms with Crippen LogP contribution in [0.25, 0.3) is 0 Å². The Morgan fingerprint density at radius 1 is 1.44 bits per heavy atom. The van der Waals surface area contributed by atoms with E-state index in [2.05, 4.69) is 10.5 Å². The van der Waals surface area contributed by atoms with E-state index in [1.54, 1.807) is 0 Å². The van der Waals surface area contributed by atoms with Gasteiger partial charge in [-0.25, -0.2) is 5.43 Å². The number of rotatable bonds is 2. The minimum Gasteiger partial charge on any atom is -0.369 e. The van der Waals surface area contributed by atoms with E-state index >= 15 is 0 Å². The number of benzene rings is 1. The van der Waals surface area contributed by atoms with Crippen molar-refractivity contribution in [1.82, 2.24) is 5.43 Å². The van der Waals surface area contributed by atoms with E-state index in [9.17, 15) is 13.2 Å². The number of hydrogen-bond donors (Lipinski definition) is 3. The lowest BCUT2D eigenvalue weighted by Crippen LogP contribution is -2.25. The van der Waals surface area contributed by atoms with Gasteiger partial charge in [0, 0.05) is 10.6 Å². The van der Waals surface area contributed by atoms with Crippen LogP contribution in [-0.4, -0.2) is 12.2 Å². The monoisotopic (exact) mass is 300 g/mol. The summed E-state index contributed by atoms with van der Waals surface area (Å²) in [5, 5.41) is 10.4. The molecule has 0 heterocycles. The fourth-order valence-electron chi connectivity index (χ4n) is 0.990. The summed E-state index contributed by atoms with van der Waals surface area (Å²) in [5.41, 5.74) is 6.26. The Balaban J connectivity index is 0.00000289. The van der Waals surface area contributed by atoms with Gasteiger partial charge < -0.3 is 5.73 Å². The van der Waals surface area contributed by atoms with E-state index in [1.807, 2.05) is 0 Å². The molecule has 4 N–H and O–H groups in total. The van der Waals surface area contributed by atoms with Crippen LogP contribution in [0.15, 0.2) is 23.3 Å². The first kappa shape index (κ1) is 16.5. The number of alkyl halides is 3. The molecule has 18 heavy (non-hydrogen) atoms. The molecule has 0 saturated carbocycles. The summed E-state index contributed by atoms with van der Waals surface area (Å²) in [6, 6.07) is 2.85. The predicted octanol–water partition coefficient (Wildman–Crippen LogP) is 2.60. The Bertz CT molecular complexity index is 460. The molecule has 0 amide bonds. The van der Waals surface area contributed by atoms with Gasteiger partial charge >= 0.3 is 6.18 Å². The van der Waals surface area contributed by atoms with Crippen LogP contribution in [0.1, 0.15) is 11.1 Å². The van der Waals surface area contributed by atoms with Gasteiger partial charge in [0.05, 0.1) is 11.8 Å². The number of nitrogens with one attached hydrogen (secondary N) is 2. The highest BCUT2D eigenvalue weighted by Gasteiger charge is 2.30. The molecule has 0 aliphatic rings. The number of halogens is 5. The number of nitrogens with zero attached hydrogens (tertiary/aromatic N) is 1. The molecular weight excluding hydrogens is 292 g/mol. The zero-order valence-corrected chi connectivity index (χ0v) is 10.3. The molecule has 0 saturated heterocycles. The molecule has 9 heteroatoms. The molecule has 0 bridgehead atoms. The lowest BCUT2D eigenvalue weighted by Gasteiger charge is -2.07. The molecule has 100 valence electrons. The van der Waals surface area contributed by atoms with Crippen LogP contribution in [0, 0.1) is 5.41 Å². The number of hydrazone groups is 1. The van der Waals surface area contributed by atoms with Crippen LogP contribution in [0.3, 0.4) is 0 Å². The lowest BCUT2D eigenvalue weighted by molar-refractivity contribution is -0.137. The molecule has 1 aromatic carbocycles. The molecule has 0 aromatic heterocycles. The van der Waals surface area contributed by atoms with Crippen LogP contribution in [0.5, 0.6) is 0 Å². The quantitative estimate of drug-likeness (QED) is 0.446. The minimum absolute atomic E-state index is 0. The second-order valence-electron chi connectivity index (χ2n) is 3.02. The second-order valence-corrected chi connectivity index (χ2v) is 3.42. The number of nitrogens with two attached hydrogens (primary N) is 1. The first-order chi connectivity index (χ1) is 7.80. The van der Waals surface area contributed by atoms with Crippen LogP contribution in [-0.2, 0) is 6.18 Å². The van der Waals surface area contributed by atoms with Crippen LogP contribution in [0.2, 0.25) is 5.02 Å². The Morgan fingerprint density at radius 3 is 2.56 bits per heavy atom. The Kier molecular flexibility index (Phi) is 5.93. The Hall–Kier alpha value is -1.47. The Labute approximate surface area is 112 Å². The normalized spacial score (nSPS) is 11.1. The third-order valence-corrected chi connectivity index (χ3v) is 2.06. The highest BCUT2D eigenvalue weighted by Crippen LogP contribution is 2.31. The van der Waals surface area contributed by atoms with Crippen molar-refractivity contribution in [2.24, 2.45) is 10.8 Å². The van der Waals surface area contributed by atoms with Crippen LogP contribution >= 0.6 is 24.0 Å². The first-order valence-electron chi connectivity index (χ1n) is 4.30. The summed E-state index contributed by atoms with van der Waals surface area (Å²) in [7, 11) is 0.